The summed E-state index contributed by atoms with van der Waals surface area (Å²) >= 11 is 0. The standard InChI is InChI=1S/C22H31F3N2O2/c23-22(24,25)19-2-1-3-20(12-19)27-8-6-26(7-9-27)13-21(28)15-29-14-18-11-16-4-5-17(18)10-16/h1-3,12,16-18,21,28H,4-11,13-15H2/t16-,17-,18-,21+/m1/s1. The molecule has 1 aromatic rings. The van der Waals surface area contributed by atoms with E-state index in [0.29, 0.717) is 37.8 Å². The second-order valence-corrected chi connectivity index (χ2v) is 8.96. The first-order valence-corrected chi connectivity index (χ1v) is 10.8. The van der Waals surface area contributed by atoms with E-state index in [0.717, 1.165) is 37.6 Å². The van der Waals surface area contributed by atoms with E-state index in [1.807, 2.05) is 4.90 Å². The number of benzene rings is 1. The predicted octanol–water partition coefficient (Wildman–Crippen LogP) is 3.64. The Morgan fingerprint density at radius 1 is 1.10 bits per heavy atom. The molecule has 0 unspecified atom stereocenters. The van der Waals surface area contributed by atoms with Gasteiger partial charge >= 0.3 is 6.18 Å². The Morgan fingerprint density at radius 2 is 1.90 bits per heavy atom. The summed E-state index contributed by atoms with van der Waals surface area (Å²) in [7, 11) is 0. The van der Waals surface area contributed by atoms with Gasteiger partial charge in [-0.1, -0.05) is 12.5 Å². The molecule has 2 aliphatic carbocycles. The minimum absolute atomic E-state index is 0.363. The van der Waals surface area contributed by atoms with E-state index in [1.165, 1.54) is 37.8 Å². The Kier molecular flexibility index (Phi) is 6.37. The number of alkyl halides is 3. The highest BCUT2D eigenvalue weighted by molar-refractivity contribution is 5.49. The van der Waals surface area contributed by atoms with Gasteiger partial charge < -0.3 is 14.7 Å². The number of aliphatic hydroxyl groups is 1. The highest BCUT2D eigenvalue weighted by atomic mass is 19.4. The van der Waals surface area contributed by atoms with Gasteiger partial charge in [0.25, 0.3) is 0 Å². The first-order valence-electron chi connectivity index (χ1n) is 10.8. The molecule has 29 heavy (non-hydrogen) atoms. The molecule has 3 fully saturated rings. The van der Waals surface area contributed by atoms with Crippen molar-refractivity contribution in [1.29, 1.82) is 0 Å². The SMILES string of the molecule is O[C@H](COC[C@H]1C[C@@H]2CC[C@@H]1C2)CN1CCN(c2cccc(C(F)(F)F)c2)CC1. The molecule has 2 saturated carbocycles. The van der Waals surface area contributed by atoms with Gasteiger partial charge in [0.05, 0.1) is 18.3 Å². The number of anilines is 1. The number of halogens is 3. The van der Waals surface area contributed by atoms with E-state index in [4.69, 9.17) is 4.74 Å². The van der Waals surface area contributed by atoms with Crippen molar-refractivity contribution in [1.82, 2.24) is 4.90 Å². The molecule has 1 aromatic carbocycles. The summed E-state index contributed by atoms with van der Waals surface area (Å²) < 4.78 is 44.6. The molecule has 2 bridgehead atoms. The normalized spacial score (nSPS) is 28.8. The minimum atomic E-state index is -4.32. The summed E-state index contributed by atoms with van der Waals surface area (Å²) in [5.74, 6) is 2.42. The molecular formula is C22H31F3N2O2. The maximum atomic E-state index is 12.9. The van der Waals surface area contributed by atoms with Crippen molar-refractivity contribution in [3.05, 3.63) is 29.8 Å². The van der Waals surface area contributed by atoms with Crippen LogP contribution in [0.25, 0.3) is 0 Å². The van der Waals surface area contributed by atoms with Gasteiger partial charge in [-0.3, -0.25) is 4.90 Å². The van der Waals surface area contributed by atoms with Gasteiger partial charge in [0.2, 0.25) is 0 Å². The van der Waals surface area contributed by atoms with Gasteiger partial charge in [-0.25, -0.2) is 0 Å². The summed E-state index contributed by atoms with van der Waals surface area (Å²) in [5, 5.41) is 10.3. The van der Waals surface area contributed by atoms with Gasteiger partial charge in [0.1, 0.15) is 0 Å². The smallest absolute Gasteiger partial charge is 0.389 e. The number of ether oxygens (including phenoxy) is 1. The summed E-state index contributed by atoms with van der Waals surface area (Å²) in [6.45, 7) is 4.43. The monoisotopic (exact) mass is 412 g/mol. The first kappa shape index (κ1) is 20.9. The first-order chi connectivity index (χ1) is 13.9. The van der Waals surface area contributed by atoms with E-state index < -0.39 is 17.8 Å². The largest absolute Gasteiger partial charge is 0.416 e. The Balaban J connectivity index is 1.17. The third kappa shape index (κ3) is 5.25. The van der Waals surface area contributed by atoms with Crippen LogP contribution in [0.3, 0.4) is 0 Å². The van der Waals surface area contributed by atoms with Crippen molar-refractivity contribution in [3.63, 3.8) is 0 Å². The number of hydrogen-bond acceptors (Lipinski definition) is 4. The molecule has 0 aromatic heterocycles. The van der Waals surface area contributed by atoms with E-state index in [2.05, 4.69) is 4.90 Å². The molecule has 0 radical (unpaired) electrons. The minimum Gasteiger partial charge on any atom is -0.389 e. The topological polar surface area (TPSA) is 35.9 Å². The number of piperazine rings is 1. The van der Waals surface area contributed by atoms with Crippen LogP contribution in [-0.2, 0) is 10.9 Å². The molecule has 1 N–H and O–H groups in total. The Labute approximate surface area is 170 Å². The molecule has 3 aliphatic rings. The van der Waals surface area contributed by atoms with Gasteiger partial charge in [-0.15, -0.1) is 0 Å². The number of rotatable bonds is 7. The lowest BCUT2D eigenvalue weighted by atomic mass is 9.90. The van der Waals surface area contributed by atoms with Gasteiger partial charge in [-0.05, 0) is 55.2 Å². The van der Waals surface area contributed by atoms with Crippen LogP contribution in [0.15, 0.2) is 24.3 Å². The van der Waals surface area contributed by atoms with Gasteiger partial charge in [-0.2, -0.15) is 13.2 Å². The highest BCUT2D eigenvalue weighted by Crippen LogP contribution is 2.48. The molecular weight excluding hydrogens is 381 g/mol. The van der Waals surface area contributed by atoms with Crippen LogP contribution in [0.4, 0.5) is 18.9 Å². The Morgan fingerprint density at radius 3 is 2.55 bits per heavy atom. The third-order valence-corrected chi connectivity index (χ3v) is 6.91. The zero-order valence-electron chi connectivity index (χ0n) is 16.8. The number of fused-ring (bicyclic) bond motifs is 2. The maximum absolute atomic E-state index is 12.9. The van der Waals surface area contributed by atoms with Crippen molar-refractivity contribution in [2.45, 2.75) is 38.0 Å². The molecule has 1 heterocycles. The van der Waals surface area contributed by atoms with Crippen LogP contribution in [0.5, 0.6) is 0 Å². The van der Waals surface area contributed by atoms with Gasteiger partial charge in [0, 0.05) is 45.0 Å². The highest BCUT2D eigenvalue weighted by Gasteiger charge is 2.39. The van der Waals surface area contributed by atoms with Crippen molar-refractivity contribution in [2.75, 3.05) is 50.8 Å². The van der Waals surface area contributed by atoms with Crippen LogP contribution in [0.2, 0.25) is 0 Å². The predicted molar refractivity (Wildman–Crippen MR) is 106 cm³/mol. The van der Waals surface area contributed by atoms with Crippen LogP contribution in [-0.4, -0.2) is 62.0 Å². The maximum Gasteiger partial charge on any atom is 0.416 e. The van der Waals surface area contributed by atoms with Crippen molar-refractivity contribution < 1.29 is 23.0 Å². The van der Waals surface area contributed by atoms with Crippen LogP contribution in [0, 0.1) is 17.8 Å². The van der Waals surface area contributed by atoms with E-state index >= 15 is 0 Å². The molecule has 4 atom stereocenters. The van der Waals surface area contributed by atoms with Crippen molar-refractivity contribution in [2.24, 2.45) is 17.8 Å². The Bertz CT molecular complexity index is 676. The molecule has 4 nitrogen and oxygen atoms in total. The quantitative estimate of drug-likeness (QED) is 0.742. The summed E-state index contributed by atoms with van der Waals surface area (Å²) in [6.07, 6.45) is 0.548. The fourth-order valence-electron chi connectivity index (χ4n) is 5.35. The molecule has 1 aliphatic heterocycles. The van der Waals surface area contributed by atoms with Crippen LogP contribution in [0.1, 0.15) is 31.2 Å². The van der Waals surface area contributed by atoms with Crippen LogP contribution < -0.4 is 4.90 Å². The number of aliphatic hydroxyl groups excluding tert-OH is 1. The molecule has 0 amide bonds. The summed E-state index contributed by atoms with van der Waals surface area (Å²) in [5.41, 5.74) is -0.00490. The molecule has 7 heteroatoms. The zero-order valence-corrected chi connectivity index (χ0v) is 16.8. The average molecular weight is 412 g/mol. The van der Waals surface area contributed by atoms with Crippen molar-refractivity contribution in [3.8, 4) is 0 Å². The van der Waals surface area contributed by atoms with E-state index in [-0.39, 0.29) is 0 Å². The van der Waals surface area contributed by atoms with Gasteiger partial charge in [0.15, 0.2) is 0 Å². The molecule has 1 saturated heterocycles. The van der Waals surface area contributed by atoms with E-state index in [9.17, 15) is 18.3 Å². The van der Waals surface area contributed by atoms with Crippen LogP contribution >= 0.6 is 0 Å². The second kappa shape index (κ2) is 8.82. The lowest BCUT2D eigenvalue weighted by Crippen LogP contribution is -2.49. The third-order valence-electron chi connectivity index (χ3n) is 6.91. The van der Waals surface area contributed by atoms with E-state index in [1.54, 1.807) is 6.07 Å². The number of nitrogens with zero attached hydrogens (tertiary/aromatic N) is 2. The lowest BCUT2D eigenvalue weighted by molar-refractivity contribution is -0.137. The fourth-order valence-corrected chi connectivity index (χ4v) is 5.35. The second-order valence-electron chi connectivity index (χ2n) is 8.96. The average Bonchev–Trinajstić information content (AvgIpc) is 3.31. The molecule has 4 rings (SSSR count). The van der Waals surface area contributed by atoms with Crippen molar-refractivity contribution >= 4 is 5.69 Å². The Hall–Kier alpha value is -1.31. The fraction of sp³-hybridized carbons (Fsp3) is 0.727. The molecule has 0 spiro atoms. The summed E-state index contributed by atoms with van der Waals surface area (Å²) in [4.78, 5) is 4.14. The molecule has 162 valence electrons. The number of hydrogen-bond donors (Lipinski definition) is 1. The summed E-state index contributed by atoms with van der Waals surface area (Å²) in [6, 6.07) is 5.51. The number of β-amino-alcohol motifs (C(OH)–C–C–N with tert-alkyl or cyclic N) is 1. The zero-order chi connectivity index (χ0) is 20.4. The lowest BCUT2D eigenvalue weighted by Gasteiger charge is -2.37.